The molecular formula is C20H31NO6. The Kier molecular flexibility index (Phi) is 5.16. The van der Waals surface area contributed by atoms with Crippen molar-refractivity contribution >= 4 is 11.9 Å². The number of ether oxygens (including phenoxy) is 2. The molecular weight excluding hydrogens is 350 g/mol. The van der Waals surface area contributed by atoms with Crippen LogP contribution in [-0.2, 0) is 19.1 Å². The highest BCUT2D eigenvalue weighted by Gasteiger charge is 2.74. The monoisotopic (exact) mass is 381 g/mol. The van der Waals surface area contributed by atoms with Gasteiger partial charge in [0.2, 0.25) is 0 Å². The SMILES string of the molecule is C=C(C)C1CCC(C)C12CC(O)C1(C)OC1C2OC(=O)C(N)CCC(=O)O. The minimum Gasteiger partial charge on any atom is -0.481 e. The third-order valence-corrected chi connectivity index (χ3v) is 7.17. The average Bonchev–Trinajstić information content (AvgIpc) is 3.18. The summed E-state index contributed by atoms with van der Waals surface area (Å²) < 4.78 is 11.7. The van der Waals surface area contributed by atoms with E-state index in [1.807, 2.05) is 13.8 Å². The van der Waals surface area contributed by atoms with Gasteiger partial charge in [-0.3, -0.25) is 9.59 Å². The van der Waals surface area contributed by atoms with E-state index in [0.29, 0.717) is 6.42 Å². The number of aliphatic hydroxyl groups is 1. The van der Waals surface area contributed by atoms with Crippen LogP contribution in [0.3, 0.4) is 0 Å². The van der Waals surface area contributed by atoms with Crippen molar-refractivity contribution in [1.29, 1.82) is 0 Å². The lowest BCUT2D eigenvalue weighted by Crippen LogP contribution is -2.58. The maximum absolute atomic E-state index is 12.6. The highest BCUT2D eigenvalue weighted by atomic mass is 16.7. The lowest BCUT2D eigenvalue weighted by molar-refractivity contribution is -0.171. The minimum absolute atomic E-state index is 0.0266. The Morgan fingerprint density at radius 2 is 2.07 bits per heavy atom. The molecule has 0 amide bonds. The van der Waals surface area contributed by atoms with Crippen molar-refractivity contribution in [2.45, 2.75) is 82.8 Å². The molecule has 1 saturated heterocycles. The van der Waals surface area contributed by atoms with Crippen molar-refractivity contribution in [2.75, 3.05) is 0 Å². The first kappa shape index (κ1) is 20.3. The number of aliphatic carboxylic acids is 1. The zero-order valence-corrected chi connectivity index (χ0v) is 16.3. The van der Waals surface area contributed by atoms with Crippen LogP contribution in [0.4, 0.5) is 0 Å². The lowest BCUT2D eigenvalue weighted by Gasteiger charge is -2.49. The molecule has 1 spiro atoms. The summed E-state index contributed by atoms with van der Waals surface area (Å²) in [7, 11) is 0. The molecule has 2 saturated carbocycles. The van der Waals surface area contributed by atoms with Gasteiger partial charge in [-0.15, -0.1) is 0 Å². The van der Waals surface area contributed by atoms with E-state index in [0.717, 1.165) is 18.4 Å². The topological polar surface area (TPSA) is 122 Å². The van der Waals surface area contributed by atoms with E-state index in [-0.39, 0.29) is 30.8 Å². The van der Waals surface area contributed by atoms with Crippen molar-refractivity contribution in [3.8, 4) is 0 Å². The largest absolute Gasteiger partial charge is 0.481 e. The summed E-state index contributed by atoms with van der Waals surface area (Å²) in [5, 5.41) is 19.6. The summed E-state index contributed by atoms with van der Waals surface area (Å²) in [5.41, 5.74) is 5.75. The van der Waals surface area contributed by atoms with Crippen molar-refractivity contribution < 1.29 is 29.3 Å². The normalized spacial score (nSPS) is 43.8. The van der Waals surface area contributed by atoms with Crippen LogP contribution in [0.2, 0.25) is 0 Å². The zero-order valence-electron chi connectivity index (χ0n) is 16.3. The van der Waals surface area contributed by atoms with Gasteiger partial charge in [-0.2, -0.15) is 0 Å². The van der Waals surface area contributed by atoms with Crippen LogP contribution in [0.1, 0.15) is 52.9 Å². The third-order valence-electron chi connectivity index (χ3n) is 7.17. The molecule has 27 heavy (non-hydrogen) atoms. The summed E-state index contributed by atoms with van der Waals surface area (Å²) >= 11 is 0. The molecule has 7 heteroatoms. The summed E-state index contributed by atoms with van der Waals surface area (Å²) in [5.74, 6) is -1.24. The first-order valence-electron chi connectivity index (χ1n) is 9.73. The Labute approximate surface area is 159 Å². The summed E-state index contributed by atoms with van der Waals surface area (Å²) in [6.45, 7) is 10.1. The number of carboxylic acids is 1. The predicted molar refractivity (Wildman–Crippen MR) is 97.8 cm³/mol. The molecule has 0 bridgehead atoms. The number of epoxide rings is 1. The number of allylic oxidation sites excluding steroid dienone is 1. The molecule has 3 rings (SSSR count). The maximum atomic E-state index is 12.6. The fourth-order valence-electron chi connectivity index (χ4n) is 5.41. The van der Waals surface area contributed by atoms with E-state index >= 15 is 0 Å². The summed E-state index contributed by atoms with van der Waals surface area (Å²) in [6.07, 6.45) is 0.708. The number of carboxylic acid groups (broad SMARTS) is 1. The van der Waals surface area contributed by atoms with Crippen LogP contribution in [0.5, 0.6) is 0 Å². The predicted octanol–water partition coefficient (Wildman–Crippen LogP) is 1.62. The average molecular weight is 381 g/mol. The van der Waals surface area contributed by atoms with E-state index in [1.165, 1.54) is 0 Å². The number of hydrogen-bond donors (Lipinski definition) is 3. The van der Waals surface area contributed by atoms with Crippen LogP contribution in [0.15, 0.2) is 12.2 Å². The fraction of sp³-hybridized carbons (Fsp3) is 0.800. The van der Waals surface area contributed by atoms with Gasteiger partial charge >= 0.3 is 11.9 Å². The second kappa shape index (κ2) is 6.87. The Hall–Kier alpha value is -1.44. The number of nitrogens with two attached hydrogens (primary N) is 1. The van der Waals surface area contributed by atoms with E-state index in [4.69, 9.17) is 20.3 Å². The van der Waals surface area contributed by atoms with Crippen molar-refractivity contribution in [2.24, 2.45) is 23.0 Å². The second-order valence-corrected chi connectivity index (χ2v) is 8.83. The number of carbonyl (C=O) groups excluding carboxylic acids is 1. The molecule has 0 aromatic heterocycles. The maximum Gasteiger partial charge on any atom is 0.323 e. The van der Waals surface area contributed by atoms with Crippen LogP contribution < -0.4 is 5.73 Å². The van der Waals surface area contributed by atoms with Gasteiger partial charge in [0.05, 0.1) is 6.10 Å². The van der Waals surface area contributed by atoms with Gasteiger partial charge in [-0.05, 0) is 51.4 Å². The van der Waals surface area contributed by atoms with Gasteiger partial charge in [0.1, 0.15) is 23.9 Å². The molecule has 0 aromatic rings. The Balaban J connectivity index is 1.87. The molecule has 0 radical (unpaired) electrons. The molecule has 3 fully saturated rings. The van der Waals surface area contributed by atoms with E-state index in [9.17, 15) is 14.7 Å². The van der Waals surface area contributed by atoms with Crippen molar-refractivity contribution in [1.82, 2.24) is 0 Å². The second-order valence-electron chi connectivity index (χ2n) is 8.83. The molecule has 1 aliphatic heterocycles. The highest BCUT2D eigenvalue weighted by molar-refractivity contribution is 5.77. The van der Waals surface area contributed by atoms with Crippen molar-refractivity contribution in [3.63, 3.8) is 0 Å². The number of carbonyl (C=O) groups is 2. The van der Waals surface area contributed by atoms with Gasteiger partial charge < -0.3 is 25.4 Å². The number of aliphatic hydroxyl groups excluding tert-OH is 1. The Morgan fingerprint density at radius 1 is 1.41 bits per heavy atom. The number of rotatable bonds is 6. The molecule has 3 aliphatic rings. The van der Waals surface area contributed by atoms with E-state index in [2.05, 4.69) is 13.5 Å². The van der Waals surface area contributed by atoms with Gasteiger partial charge in [-0.1, -0.05) is 19.1 Å². The zero-order chi connectivity index (χ0) is 20.1. The van der Waals surface area contributed by atoms with Gasteiger partial charge in [0.25, 0.3) is 0 Å². The molecule has 8 atom stereocenters. The van der Waals surface area contributed by atoms with Gasteiger partial charge in [-0.25, -0.2) is 0 Å². The molecule has 4 N–H and O–H groups in total. The Morgan fingerprint density at radius 3 is 2.67 bits per heavy atom. The highest BCUT2D eigenvalue weighted by Crippen LogP contribution is 2.65. The van der Waals surface area contributed by atoms with Crippen LogP contribution >= 0.6 is 0 Å². The molecule has 2 aliphatic carbocycles. The molecule has 7 nitrogen and oxygen atoms in total. The number of fused-ring (bicyclic) bond motifs is 1. The number of esters is 1. The number of hydrogen-bond acceptors (Lipinski definition) is 6. The summed E-state index contributed by atoms with van der Waals surface area (Å²) in [4.78, 5) is 23.4. The molecule has 8 unspecified atom stereocenters. The van der Waals surface area contributed by atoms with Crippen molar-refractivity contribution in [3.05, 3.63) is 12.2 Å². The molecule has 152 valence electrons. The minimum atomic E-state index is -1.000. The summed E-state index contributed by atoms with van der Waals surface area (Å²) in [6, 6.07) is -0.991. The van der Waals surface area contributed by atoms with Crippen LogP contribution in [0.25, 0.3) is 0 Å². The quantitative estimate of drug-likeness (QED) is 0.363. The van der Waals surface area contributed by atoms with Gasteiger partial charge in [0.15, 0.2) is 0 Å². The fourth-order valence-corrected chi connectivity index (χ4v) is 5.41. The molecule has 0 aromatic carbocycles. The molecule has 1 heterocycles. The van der Waals surface area contributed by atoms with Crippen LogP contribution in [0, 0.1) is 17.3 Å². The van der Waals surface area contributed by atoms with Crippen LogP contribution in [-0.4, -0.2) is 52.1 Å². The lowest BCUT2D eigenvalue weighted by atomic mass is 9.58. The first-order chi connectivity index (χ1) is 12.5. The third kappa shape index (κ3) is 3.19. The standard InChI is InChI=1S/C20H31NO6/c1-10(2)12-6-5-11(3)20(12)9-14(22)19(4)16(27-19)17(20)26-18(25)13(21)7-8-15(23)24/h11-14,16-17,22H,1,5-9,21H2,2-4H3,(H,23,24). The Bertz CT molecular complexity index is 650. The first-order valence-corrected chi connectivity index (χ1v) is 9.73. The van der Waals surface area contributed by atoms with E-state index < -0.39 is 41.2 Å². The smallest absolute Gasteiger partial charge is 0.323 e. The van der Waals surface area contributed by atoms with Gasteiger partial charge in [0, 0.05) is 11.8 Å². The van der Waals surface area contributed by atoms with E-state index in [1.54, 1.807) is 0 Å².